The van der Waals surface area contributed by atoms with Crippen LogP contribution in [0.1, 0.15) is 12.8 Å². The predicted molar refractivity (Wildman–Crippen MR) is 80.1 cm³/mol. The van der Waals surface area contributed by atoms with Crippen molar-refractivity contribution in [1.29, 1.82) is 0 Å². The van der Waals surface area contributed by atoms with Gasteiger partial charge in [0.25, 0.3) is 0 Å². The zero-order chi connectivity index (χ0) is 14.4. The number of nitrogens with one attached hydrogen (secondary N) is 2. The van der Waals surface area contributed by atoms with E-state index in [0.717, 1.165) is 37.4 Å². The Kier molecular flexibility index (Phi) is 5.24. The Morgan fingerprint density at radius 1 is 1.35 bits per heavy atom. The first-order valence-electron chi connectivity index (χ1n) is 7.06. The van der Waals surface area contributed by atoms with Gasteiger partial charge in [0, 0.05) is 19.1 Å². The van der Waals surface area contributed by atoms with Crippen LogP contribution < -0.4 is 15.4 Å². The molecule has 1 aliphatic heterocycles. The topological polar surface area (TPSA) is 53.6 Å². The van der Waals surface area contributed by atoms with E-state index in [-0.39, 0.29) is 5.91 Å². The van der Waals surface area contributed by atoms with Crippen LogP contribution in [-0.2, 0) is 4.79 Å². The van der Waals surface area contributed by atoms with Crippen molar-refractivity contribution >= 4 is 11.6 Å². The molecule has 1 amide bonds. The second-order valence-corrected chi connectivity index (χ2v) is 5.00. The lowest BCUT2D eigenvalue weighted by Crippen LogP contribution is -2.45. The van der Waals surface area contributed by atoms with Crippen LogP contribution in [0.15, 0.2) is 24.3 Å². The molecular weight excluding hydrogens is 254 g/mol. The normalized spacial score (nSPS) is 16.0. The van der Waals surface area contributed by atoms with E-state index in [1.807, 2.05) is 36.2 Å². The molecule has 0 saturated carbocycles. The SMILES string of the molecule is CNC1CCN(C(=O)CNc2ccccc2OC)CC1. The molecule has 1 aliphatic rings. The van der Waals surface area contributed by atoms with E-state index in [4.69, 9.17) is 4.74 Å². The van der Waals surface area contributed by atoms with Crippen LogP contribution in [-0.4, -0.2) is 50.6 Å². The van der Waals surface area contributed by atoms with Gasteiger partial charge in [-0.1, -0.05) is 12.1 Å². The first-order valence-corrected chi connectivity index (χ1v) is 7.06. The zero-order valence-corrected chi connectivity index (χ0v) is 12.2. The molecule has 0 aliphatic carbocycles. The Morgan fingerprint density at radius 3 is 2.70 bits per heavy atom. The van der Waals surface area contributed by atoms with Gasteiger partial charge >= 0.3 is 0 Å². The van der Waals surface area contributed by atoms with E-state index in [9.17, 15) is 4.79 Å². The number of rotatable bonds is 5. The van der Waals surface area contributed by atoms with Crippen molar-refractivity contribution < 1.29 is 9.53 Å². The second-order valence-electron chi connectivity index (χ2n) is 5.00. The van der Waals surface area contributed by atoms with Gasteiger partial charge in [-0.25, -0.2) is 0 Å². The molecule has 0 spiro atoms. The van der Waals surface area contributed by atoms with Gasteiger partial charge in [0.2, 0.25) is 5.91 Å². The van der Waals surface area contributed by atoms with E-state index in [1.165, 1.54) is 0 Å². The van der Waals surface area contributed by atoms with Crippen molar-refractivity contribution in [3.05, 3.63) is 24.3 Å². The number of methoxy groups -OCH3 is 1. The largest absolute Gasteiger partial charge is 0.495 e. The van der Waals surface area contributed by atoms with Gasteiger partial charge in [-0.2, -0.15) is 0 Å². The van der Waals surface area contributed by atoms with Crippen molar-refractivity contribution in [2.75, 3.05) is 39.1 Å². The average molecular weight is 277 g/mol. The molecular formula is C15H23N3O2. The summed E-state index contributed by atoms with van der Waals surface area (Å²) >= 11 is 0. The van der Waals surface area contributed by atoms with Crippen LogP contribution in [0, 0.1) is 0 Å². The van der Waals surface area contributed by atoms with Gasteiger partial charge < -0.3 is 20.3 Å². The van der Waals surface area contributed by atoms with E-state index < -0.39 is 0 Å². The molecule has 5 nitrogen and oxygen atoms in total. The minimum absolute atomic E-state index is 0.144. The van der Waals surface area contributed by atoms with Crippen molar-refractivity contribution in [2.45, 2.75) is 18.9 Å². The van der Waals surface area contributed by atoms with Crippen molar-refractivity contribution in [3.63, 3.8) is 0 Å². The maximum atomic E-state index is 12.2. The summed E-state index contributed by atoms with van der Waals surface area (Å²) < 4.78 is 5.26. The molecule has 2 N–H and O–H groups in total. The van der Waals surface area contributed by atoms with Gasteiger partial charge in [0.1, 0.15) is 5.75 Å². The summed E-state index contributed by atoms with van der Waals surface area (Å²) in [6.45, 7) is 1.97. The van der Waals surface area contributed by atoms with E-state index in [2.05, 4.69) is 10.6 Å². The van der Waals surface area contributed by atoms with Gasteiger partial charge in [-0.15, -0.1) is 0 Å². The number of amides is 1. The van der Waals surface area contributed by atoms with Crippen LogP contribution >= 0.6 is 0 Å². The number of hydrogen-bond acceptors (Lipinski definition) is 4. The fourth-order valence-corrected chi connectivity index (χ4v) is 2.49. The first kappa shape index (κ1) is 14.7. The highest BCUT2D eigenvalue weighted by molar-refractivity contribution is 5.81. The third-order valence-electron chi connectivity index (χ3n) is 3.79. The van der Waals surface area contributed by atoms with Crippen molar-refractivity contribution in [1.82, 2.24) is 10.2 Å². The van der Waals surface area contributed by atoms with Crippen molar-refractivity contribution in [2.24, 2.45) is 0 Å². The standard InChI is InChI=1S/C15H23N3O2/c1-16-12-7-9-18(10-8-12)15(19)11-17-13-5-3-4-6-14(13)20-2/h3-6,12,16-17H,7-11H2,1-2H3. The summed E-state index contributed by atoms with van der Waals surface area (Å²) in [5.74, 6) is 0.902. The predicted octanol–water partition coefficient (Wildman–Crippen LogP) is 1.32. The zero-order valence-electron chi connectivity index (χ0n) is 12.2. The monoisotopic (exact) mass is 277 g/mol. The van der Waals surface area contributed by atoms with Gasteiger partial charge in [0.15, 0.2) is 0 Å². The molecule has 2 rings (SSSR count). The quantitative estimate of drug-likeness (QED) is 0.852. The summed E-state index contributed by atoms with van der Waals surface area (Å²) in [4.78, 5) is 14.1. The summed E-state index contributed by atoms with van der Waals surface area (Å²) in [7, 11) is 3.61. The number of ether oxygens (including phenoxy) is 1. The van der Waals surface area contributed by atoms with Crippen LogP contribution in [0.4, 0.5) is 5.69 Å². The fraction of sp³-hybridized carbons (Fsp3) is 0.533. The Balaban J connectivity index is 1.83. The molecule has 20 heavy (non-hydrogen) atoms. The molecule has 1 aromatic carbocycles. The molecule has 0 radical (unpaired) electrons. The molecule has 1 saturated heterocycles. The molecule has 0 unspecified atom stereocenters. The molecule has 1 aromatic rings. The smallest absolute Gasteiger partial charge is 0.241 e. The Labute approximate surface area is 120 Å². The Bertz CT molecular complexity index is 442. The molecule has 0 bridgehead atoms. The van der Waals surface area contributed by atoms with Gasteiger partial charge in [-0.05, 0) is 32.0 Å². The van der Waals surface area contributed by atoms with Crippen LogP contribution in [0.25, 0.3) is 0 Å². The minimum atomic E-state index is 0.144. The molecule has 5 heteroatoms. The molecule has 1 heterocycles. The summed E-state index contributed by atoms with van der Waals surface area (Å²) in [5.41, 5.74) is 0.855. The highest BCUT2D eigenvalue weighted by atomic mass is 16.5. The number of carbonyl (C=O) groups excluding carboxylic acids is 1. The number of piperidine rings is 1. The number of benzene rings is 1. The highest BCUT2D eigenvalue weighted by Gasteiger charge is 2.21. The minimum Gasteiger partial charge on any atom is -0.495 e. The summed E-state index contributed by atoms with van der Waals surface area (Å²) in [5, 5.41) is 6.42. The van der Waals surface area contributed by atoms with E-state index >= 15 is 0 Å². The maximum absolute atomic E-state index is 12.2. The van der Waals surface area contributed by atoms with Crippen LogP contribution in [0.3, 0.4) is 0 Å². The third-order valence-corrected chi connectivity index (χ3v) is 3.79. The average Bonchev–Trinajstić information content (AvgIpc) is 2.53. The molecule has 110 valence electrons. The van der Waals surface area contributed by atoms with Gasteiger partial charge in [-0.3, -0.25) is 4.79 Å². The highest BCUT2D eigenvalue weighted by Crippen LogP contribution is 2.22. The van der Waals surface area contributed by atoms with Crippen LogP contribution in [0.5, 0.6) is 5.75 Å². The molecule has 0 aromatic heterocycles. The second kappa shape index (κ2) is 7.14. The number of nitrogens with zero attached hydrogens (tertiary/aromatic N) is 1. The first-order chi connectivity index (χ1) is 9.74. The number of anilines is 1. The van der Waals surface area contributed by atoms with Gasteiger partial charge in [0.05, 0.1) is 19.3 Å². The summed E-state index contributed by atoms with van der Waals surface area (Å²) in [6.07, 6.45) is 2.05. The Hall–Kier alpha value is -1.75. The maximum Gasteiger partial charge on any atom is 0.241 e. The lowest BCUT2D eigenvalue weighted by molar-refractivity contribution is -0.130. The lowest BCUT2D eigenvalue weighted by Gasteiger charge is -2.32. The fourth-order valence-electron chi connectivity index (χ4n) is 2.49. The third kappa shape index (κ3) is 3.63. The number of likely N-dealkylation sites (tertiary alicyclic amines) is 1. The van der Waals surface area contributed by atoms with Crippen LogP contribution in [0.2, 0.25) is 0 Å². The summed E-state index contributed by atoms with van der Waals surface area (Å²) in [6, 6.07) is 8.17. The Morgan fingerprint density at radius 2 is 2.05 bits per heavy atom. The van der Waals surface area contributed by atoms with E-state index in [0.29, 0.717) is 12.6 Å². The number of para-hydroxylation sites is 2. The van der Waals surface area contributed by atoms with Crippen molar-refractivity contribution in [3.8, 4) is 5.75 Å². The molecule has 0 atom stereocenters. The number of carbonyl (C=O) groups is 1. The lowest BCUT2D eigenvalue weighted by atomic mass is 10.1. The number of hydrogen-bond donors (Lipinski definition) is 2. The molecule has 1 fully saturated rings. The van der Waals surface area contributed by atoms with E-state index in [1.54, 1.807) is 7.11 Å².